The molecule has 0 saturated carbocycles. The van der Waals surface area contributed by atoms with E-state index in [4.69, 9.17) is 0 Å². The van der Waals surface area contributed by atoms with Crippen molar-refractivity contribution in [3.05, 3.63) is 29.6 Å². The van der Waals surface area contributed by atoms with Crippen molar-refractivity contribution in [2.24, 2.45) is 5.92 Å². The summed E-state index contributed by atoms with van der Waals surface area (Å²) in [5.74, 6) is 0.632. The van der Waals surface area contributed by atoms with Gasteiger partial charge in [0, 0.05) is 24.5 Å². The number of hydrogen-bond acceptors (Lipinski definition) is 3. The third-order valence-electron chi connectivity index (χ3n) is 3.51. The van der Waals surface area contributed by atoms with Crippen LogP contribution in [0.2, 0.25) is 0 Å². The Balaban J connectivity index is 0.00000180. The molecule has 1 amide bonds. The van der Waals surface area contributed by atoms with E-state index in [1.807, 2.05) is 19.1 Å². The van der Waals surface area contributed by atoms with Crippen LogP contribution in [0.4, 0.5) is 0 Å². The van der Waals surface area contributed by atoms with Crippen molar-refractivity contribution in [3.63, 3.8) is 0 Å². The Bertz CT molecular complexity index is 411. The Morgan fingerprint density at radius 1 is 1.45 bits per heavy atom. The molecule has 1 aromatic rings. The number of rotatable bonds is 3. The first-order valence-corrected chi connectivity index (χ1v) is 6.57. The van der Waals surface area contributed by atoms with Gasteiger partial charge < -0.3 is 10.6 Å². The molecule has 2 atom stereocenters. The lowest BCUT2D eigenvalue weighted by Crippen LogP contribution is -2.50. The molecule has 20 heavy (non-hydrogen) atoms. The van der Waals surface area contributed by atoms with Crippen LogP contribution < -0.4 is 10.6 Å². The van der Waals surface area contributed by atoms with E-state index in [-0.39, 0.29) is 36.8 Å². The number of aromatic nitrogens is 1. The second-order valence-electron chi connectivity index (χ2n) is 5.13. The number of nitrogens with one attached hydrogen (secondary N) is 2. The van der Waals surface area contributed by atoms with Gasteiger partial charge in [0.1, 0.15) is 0 Å². The van der Waals surface area contributed by atoms with Gasteiger partial charge >= 0.3 is 0 Å². The third kappa shape index (κ3) is 5.65. The number of carbonyl (C=O) groups is 1. The van der Waals surface area contributed by atoms with Crippen molar-refractivity contribution >= 4 is 30.7 Å². The SMILES string of the molecule is Cc1ccc(CC(=O)NC2CNCCC2C)cn1.Cl.Cl. The molecule has 1 saturated heterocycles. The maximum absolute atomic E-state index is 11.9. The van der Waals surface area contributed by atoms with Crippen LogP contribution in [0.15, 0.2) is 18.3 Å². The van der Waals surface area contributed by atoms with E-state index in [0.29, 0.717) is 12.3 Å². The summed E-state index contributed by atoms with van der Waals surface area (Å²) in [7, 11) is 0. The van der Waals surface area contributed by atoms with Crippen LogP contribution in [0.1, 0.15) is 24.6 Å². The van der Waals surface area contributed by atoms with Gasteiger partial charge in [0.05, 0.1) is 6.42 Å². The quantitative estimate of drug-likeness (QED) is 0.894. The van der Waals surface area contributed by atoms with Crippen LogP contribution in [-0.4, -0.2) is 30.0 Å². The summed E-state index contributed by atoms with van der Waals surface area (Å²) >= 11 is 0. The van der Waals surface area contributed by atoms with Crippen molar-refractivity contribution in [1.82, 2.24) is 15.6 Å². The van der Waals surface area contributed by atoms with Gasteiger partial charge in [0.15, 0.2) is 0 Å². The summed E-state index contributed by atoms with van der Waals surface area (Å²) in [6, 6.07) is 4.15. The number of piperidine rings is 1. The third-order valence-corrected chi connectivity index (χ3v) is 3.51. The van der Waals surface area contributed by atoms with E-state index >= 15 is 0 Å². The molecule has 2 unspecified atom stereocenters. The fraction of sp³-hybridized carbons (Fsp3) is 0.571. The number of halogens is 2. The van der Waals surface area contributed by atoms with Crippen LogP contribution in [-0.2, 0) is 11.2 Å². The Kier molecular flexibility index (Phi) is 8.78. The smallest absolute Gasteiger partial charge is 0.224 e. The highest BCUT2D eigenvalue weighted by Crippen LogP contribution is 2.11. The maximum Gasteiger partial charge on any atom is 0.224 e. The average Bonchev–Trinajstić information content (AvgIpc) is 2.35. The molecule has 2 N–H and O–H groups in total. The van der Waals surface area contributed by atoms with Crippen LogP contribution >= 0.6 is 24.8 Å². The minimum atomic E-state index is 0. The molecule has 0 aromatic carbocycles. The first-order valence-electron chi connectivity index (χ1n) is 6.57. The summed E-state index contributed by atoms with van der Waals surface area (Å²) in [6.45, 7) is 6.06. The van der Waals surface area contributed by atoms with Crippen molar-refractivity contribution in [2.45, 2.75) is 32.7 Å². The molecule has 1 aliphatic rings. The van der Waals surface area contributed by atoms with Crippen LogP contribution in [0.5, 0.6) is 0 Å². The average molecular weight is 320 g/mol. The summed E-state index contributed by atoms with van der Waals surface area (Å²) in [5.41, 5.74) is 1.94. The fourth-order valence-corrected chi connectivity index (χ4v) is 2.23. The summed E-state index contributed by atoms with van der Waals surface area (Å²) < 4.78 is 0. The van der Waals surface area contributed by atoms with E-state index in [9.17, 15) is 4.79 Å². The normalized spacial score (nSPS) is 21.3. The zero-order valence-corrected chi connectivity index (χ0v) is 13.5. The Morgan fingerprint density at radius 3 is 2.80 bits per heavy atom. The Labute approximate surface area is 132 Å². The molecular weight excluding hydrogens is 297 g/mol. The van der Waals surface area contributed by atoms with Gasteiger partial charge in [-0.25, -0.2) is 0 Å². The summed E-state index contributed by atoms with van der Waals surface area (Å²) in [6.07, 6.45) is 3.31. The standard InChI is InChI=1S/C14H21N3O.2ClH/c1-10-5-6-15-9-13(10)17-14(18)7-12-4-3-11(2)16-8-12;;/h3-4,8,10,13,15H,5-7,9H2,1-2H3,(H,17,18);2*1H. The van der Waals surface area contributed by atoms with E-state index in [1.165, 1.54) is 0 Å². The minimum Gasteiger partial charge on any atom is -0.352 e. The number of pyridine rings is 1. The lowest BCUT2D eigenvalue weighted by molar-refractivity contribution is -0.121. The zero-order valence-electron chi connectivity index (χ0n) is 11.9. The number of aryl methyl sites for hydroxylation is 1. The lowest BCUT2D eigenvalue weighted by atomic mass is 9.94. The monoisotopic (exact) mass is 319 g/mol. The van der Waals surface area contributed by atoms with Gasteiger partial charge in [-0.05, 0) is 37.4 Å². The maximum atomic E-state index is 11.9. The summed E-state index contributed by atoms with van der Waals surface area (Å²) in [4.78, 5) is 16.1. The van der Waals surface area contributed by atoms with Gasteiger partial charge in [-0.15, -0.1) is 24.8 Å². The van der Waals surface area contributed by atoms with E-state index in [0.717, 1.165) is 30.8 Å². The van der Waals surface area contributed by atoms with Gasteiger partial charge in [-0.1, -0.05) is 13.0 Å². The van der Waals surface area contributed by atoms with Crippen LogP contribution in [0.3, 0.4) is 0 Å². The van der Waals surface area contributed by atoms with E-state index in [2.05, 4.69) is 22.5 Å². The minimum absolute atomic E-state index is 0. The van der Waals surface area contributed by atoms with Crippen molar-refractivity contribution in [2.75, 3.05) is 13.1 Å². The first kappa shape index (κ1) is 19.2. The summed E-state index contributed by atoms with van der Waals surface area (Å²) in [5, 5.41) is 6.42. The molecule has 1 aliphatic heterocycles. The molecule has 0 radical (unpaired) electrons. The lowest BCUT2D eigenvalue weighted by Gasteiger charge is -2.30. The molecular formula is C14H23Cl2N3O. The molecule has 0 bridgehead atoms. The highest BCUT2D eigenvalue weighted by atomic mass is 35.5. The highest BCUT2D eigenvalue weighted by Gasteiger charge is 2.22. The Hall–Kier alpha value is -0.840. The molecule has 6 heteroatoms. The van der Waals surface area contributed by atoms with Crippen LogP contribution in [0, 0.1) is 12.8 Å². The second kappa shape index (κ2) is 9.16. The van der Waals surface area contributed by atoms with Crippen molar-refractivity contribution in [1.29, 1.82) is 0 Å². The number of hydrogen-bond donors (Lipinski definition) is 2. The van der Waals surface area contributed by atoms with Crippen molar-refractivity contribution < 1.29 is 4.79 Å². The molecule has 0 aliphatic carbocycles. The van der Waals surface area contributed by atoms with Gasteiger partial charge in [-0.2, -0.15) is 0 Å². The van der Waals surface area contributed by atoms with Gasteiger partial charge in [-0.3, -0.25) is 9.78 Å². The highest BCUT2D eigenvalue weighted by molar-refractivity contribution is 5.85. The molecule has 114 valence electrons. The molecule has 0 spiro atoms. The molecule has 4 nitrogen and oxygen atoms in total. The number of carbonyl (C=O) groups excluding carboxylic acids is 1. The predicted octanol–water partition coefficient (Wildman–Crippen LogP) is 1.89. The molecule has 1 aromatic heterocycles. The molecule has 2 heterocycles. The zero-order chi connectivity index (χ0) is 13.0. The first-order chi connectivity index (χ1) is 8.65. The van der Waals surface area contributed by atoms with E-state index < -0.39 is 0 Å². The number of amides is 1. The van der Waals surface area contributed by atoms with Crippen LogP contribution in [0.25, 0.3) is 0 Å². The fourth-order valence-electron chi connectivity index (χ4n) is 2.23. The number of nitrogens with zero attached hydrogens (tertiary/aromatic N) is 1. The van der Waals surface area contributed by atoms with Gasteiger partial charge in [0.25, 0.3) is 0 Å². The topological polar surface area (TPSA) is 54.0 Å². The predicted molar refractivity (Wildman–Crippen MR) is 85.8 cm³/mol. The Morgan fingerprint density at radius 2 is 2.20 bits per heavy atom. The van der Waals surface area contributed by atoms with Crippen molar-refractivity contribution in [3.8, 4) is 0 Å². The van der Waals surface area contributed by atoms with Gasteiger partial charge in [0.2, 0.25) is 5.91 Å². The van der Waals surface area contributed by atoms with E-state index in [1.54, 1.807) is 6.20 Å². The second-order valence-corrected chi connectivity index (χ2v) is 5.13. The molecule has 2 rings (SSSR count). The molecule has 1 fully saturated rings. The largest absolute Gasteiger partial charge is 0.352 e.